The Labute approximate surface area is 148 Å². The number of nitrogens with one attached hydrogen (secondary N) is 2. The summed E-state index contributed by atoms with van der Waals surface area (Å²) in [6.45, 7) is 12.7. The number of hydrogen-bond donors (Lipinski definition) is 2. The fourth-order valence-corrected chi connectivity index (χ4v) is 2.90. The normalized spacial score (nSPS) is 11.3. The summed E-state index contributed by atoms with van der Waals surface area (Å²) >= 11 is 0. The topological polar surface area (TPSA) is 41.1 Å². The van der Waals surface area contributed by atoms with E-state index in [-0.39, 0.29) is 5.91 Å². The van der Waals surface area contributed by atoms with E-state index in [4.69, 9.17) is 0 Å². The molecular formula is C21H36N2O. The van der Waals surface area contributed by atoms with E-state index in [2.05, 4.69) is 63.5 Å². The fraction of sp³-hybridized carbons (Fsp3) is 0.667. The summed E-state index contributed by atoms with van der Waals surface area (Å²) in [5.74, 6) is 0.900. The Balaban J connectivity index is 2.54. The number of para-hydroxylation sites is 1. The molecule has 1 aromatic rings. The van der Waals surface area contributed by atoms with Crippen molar-refractivity contribution < 1.29 is 4.79 Å². The van der Waals surface area contributed by atoms with Gasteiger partial charge in [0.2, 0.25) is 5.91 Å². The molecule has 0 atom stereocenters. The highest BCUT2D eigenvalue weighted by atomic mass is 16.1. The predicted molar refractivity (Wildman–Crippen MR) is 105 cm³/mol. The molecule has 1 rings (SSSR count). The molecule has 1 aromatic carbocycles. The summed E-state index contributed by atoms with van der Waals surface area (Å²) < 4.78 is 0. The summed E-state index contributed by atoms with van der Waals surface area (Å²) in [4.78, 5) is 12.3. The summed E-state index contributed by atoms with van der Waals surface area (Å²) in [5.41, 5.74) is 3.47. The van der Waals surface area contributed by atoms with Crippen LogP contribution in [0.15, 0.2) is 18.2 Å². The molecule has 0 saturated carbocycles. The third-order valence-corrected chi connectivity index (χ3v) is 4.37. The van der Waals surface area contributed by atoms with Gasteiger partial charge in [0.25, 0.3) is 0 Å². The van der Waals surface area contributed by atoms with Gasteiger partial charge in [-0.3, -0.25) is 4.79 Å². The zero-order chi connectivity index (χ0) is 17.9. The van der Waals surface area contributed by atoms with Crippen LogP contribution in [0.4, 0.5) is 5.69 Å². The van der Waals surface area contributed by atoms with Gasteiger partial charge in [-0.1, -0.05) is 72.1 Å². The Hall–Kier alpha value is -1.35. The van der Waals surface area contributed by atoms with Crippen LogP contribution in [-0.2, 0) is 4.79 Å². The zero-order valence-corrected chi connectivity index (χ0v) is 16.2. The second kappa shape index (κ2) is 11.2. The van der Waals surface area contributed by atoms with Gasteiger partial charge in [0, 0.05) is 18.7 Å². The minimum atomic E-state index is 0.103. The second-order valence-corrected chi connectivity index (χ2v) is 7.23. The van der Waals surface area contributed by atoms with Crippen LogP contribution in [0.3, 0.4) is 0 Å². The number of benzene rings is 1. The molecule has 0 unspecified atom stereocenters. The first-order valence-electron chi connectivity index (χ1n) is 9.60. The van der Waals surface area contributed by atoms with Crippen molar-refractivity contribution >= 4 is 11.6 Å². The molecule has 2 N–H and O–H groups in total. The predicted octanol–water partition coefficient (Wildman–Crippen LogP) is 5.43. The highest BCUT2D eigenvalue weighted by Crippen LogP contribution is 2.32. The van der Waals surface area contributed by atoms with E-state index in [1.807, 2.05) is 0 Å². The van der Waals surface area contributed by atoms with Crippen molar-refractivity contribution in [2.24, 2.45) is 0 Å². The maximum atomic E-state index is 12.3. The molecule has 0 aliphatic rings. The lowest BCUT2D eigenvalue weighted by atomic mass is 9.92. The van der Waals surface area contributed by atoms with Crippen LogP contribution < -0.4 is 10.6 Å². The van der Waals surface area contributed by atoms with Gasteiger partial charge in [-0.05, 0) is 35.9 Å². The number of carbonyl (C=O) groups is 1. The summed E-state index contributed by atoms with van der Waals surface area (Å²) in [7, 11) is 0. The van der Waals surface area contributed by atoms with Crippen LogP contribution in [-0.4, -0.2) is 19.0 Å². The molecule has 3 nitrogen and oxygen atoms in total. The third-order valence-electron chi connectivity index (χ3n) is 4.37. The summed E-state index contributed by atoms with van der Waals surface area (Å²) in [6.07, 6.45) is 5.55. The van der Waals surface area contributed by atoms with Crippen LogP contribution in [0.5, 0.6) is 0 Å². The van der Waals surface area contributed by atoms with Crippen molar-refractivity contribution in [2.75, 3.05) is 18.4 Å². The SMILES string of the molecule is CCCCCCNCCC(=O)Nc1c(C(C)C)cccc1C(C)C. The number of unbranched alkanes of at least 4 members (excludes halogenated alkanes) is 3. The van der Waals surface area contributed by atoms with E-state index < -0.39 is 0 Å². The Bertz CT molecular complexity index is 468. The van der Waals surface area contributed by atoms with Gasteiger partial charge in [0.1, 0.15) is 0 Å². The van der Waals surface area contributed by atoms with Gasteiger partial charge in [0.15, 0.2) is 0 Å². The molecule has 0 aliphatic heterocycles. The average Bonchev–Trinajstić information content (AvgIpc) is 2.53. The Morgan fingerprint density at radius 2 is 1.58 bits per heavy atom. The summed E-state index contributed by atoms with van der Waals surface area (Å²) in [5, 5.41) is 6.55. The van der Waals surface area contributed by atoms with Crippen LogP contribution in [0, 0.1) is 0 Å². The van der Waals surface area contributed by atoms with Crippen LogP contribution in [0.2, 0.25) is 0 Å². The molecule has 0 heterocycles. The van der Waals surface area contributed by atoms with Crippen molar-refractivity contribution in [1.82, 2.24) is 5.32 Å². The third kappa shape index (κ3) is 7.04. The zero-order valence-electron chi connectivity index (χ0n) is 16.2. The van der Waals surface area contributed by atoms with Crippen molar-refractivity contribution in [3.63, 3.8) is 0 Å². The molecule has 0 spiro atoms. The lowest BCUT2D eigenvalue weighted by Crippen LogP contribution is -2.23. The minimum absolute atomic E-state index is 0.103. The van der Waals surface area contributed by atoms with Crippen LogP contribution in [0.1, 0.15) is 89.7 Å². The number of hydrogen-bond acceptors (Lipinski definition) is 2. The van der Waals surface area contributed by atoms with Gasteiger partial charge >= 0.3 is 0 Å². The van der Waals surface area contributed by atoms with Gasteiger partial charge < -0.3 is 10.6 Å². The monoisotopic (exact) mass is 332 g/mol. The number of amides is 1. The molecule has 0 aliphatic carbocycles. The van der Waals surface area contributed by atoms with Crippen LogP contribution >= 0.6 is 0 Å². The van der Waals surface area contributed by atoms with E-state index in [0.717, 1.165) is 18.8 Å². The fourth-order valence-electron chi connectivity index (χ4n) is 2.90. The van der Waals surface area contributed by atoms with Crippen molar-refractivity contribution in [3.8, 4) is 0 Å². The van der Waals surface area contributed by atoms with Crippen molar-refractivity contribution in [2.45, 2.75) is 78.6 Å². The Morgan fingerprint density at radius 1 is 0.958 bits per heavy atom. The maximum absolute atomic E-state index is 12.3. The van der Waals surface area contributed by atoms with E-state index in [1.54, 1.807) is 0 Å². The van der Waals surface area contributed by atoms with E-state index in [9.17, 15) is 4.79 Å². The molecular weight excluding hydrogens is 296 g/mol. The van der Waals surface area contributed by atoms with Gasteiger partial charge in [-0.2, -0.15) is 0 Å². The Morgan fingerprint density at radius 3 is 2.12 bits per heavy atom. The quantitative estimate of drug-likeness (QED) is 0.530. The van der Waals surface area contributed by atoms with Crippen molar-refractivity contribution in [1.29, 1.82) is 0 Å². The van der Waals surface area contributed by atoms with Crippen molar-refractivity contribution in [3.05, 3.63) is 29.3 Å². The van der Waals surface area contributed by atoms with Gasteiger partial charge in [-0.25, -0.2) is 0 Å². The molecule has 0 saturated heterocycles. The van der Waals surface area contributed by atoms with Gasteiger partial charge in [-0.15, -0.1) is 0 Å². The first-order valence-corrected chi connectivity index (χ1v) is 9.60. The lowest BCUT2D eigenvalue weighted by molar-refractivity contribution is -0.116. The lowest BCUT2D eigenvalue weighted by Gasteiger charge is -2.20. The van der Waals surface area contributed by atoms with E-state index >= 15 is 0 Å². The Kier molecular flexibility index (Phi) is 9.70. The highest BCUT2D eigenvalue weighted by Gasteiger charge is 2.15. The molecule has 3 heteroatoms. The number of carbonyl (C=O) groups excluding carboxylic acids is 1. The molecule has 1 amide bonds. The van der Waals surface area contributed by atoms with Crippen LogP contribution in [0.25, 0.3) is 0 Å². The van der Waals surface area contributed by atoms with Gasteiger partial charge in [0.05, 0.1) is 0 Å². The first kappa shape index (κ1) is 20.7. The largest absolute Gasteiger partial charge is 0.326 e. The minimum Gasteiger partial charge on any atom is -0.326 e. The second-order valence-electron chi connectivity index (χ2n) is 7.23. The van der Waals surface area contributed by atoms with E-state index in [1.165, 1.54) is 36.8 Å². The van der Waals surface area contributed by atoms with E-state index in [0.29, 0.717) is 18.3 Å². The number of anilines is 1. The molecule has 0 aromatic heterocycles. The molecule has 136 valence electrons. The standard InChI is InChI=1S/C21H36N2O/c1-6-7-8-9-14-22-15-13-20(24)23-21-18(16(2)3)11-10-12-19(21)17(4)5/h10-12,16-17,22H,6-9,13-15H2,1-5H3,(H,23,24). The first-order chi connectivity index (χ1) is 11.5. The summed E-state index contributed by atoms with van der Waals surface area (Å²) in [6, 6.07) is 6.34. The average molecular weight is 333 g/mol. The molecule has 24 heavy (non-hydrogen) atoms. The molecule has 0 radical (unpaired) electrons. The molecule has 0 bridgehead atoms. The molecule has 0 fully saturated rings. The number of rotatable bonds is 11. The smallest absolute Gasteiger partial charge is 0.225 e. The maximum Gasteiger partial charge on any atom is 0.225 e. The highest BCUT2D eigenvalue weighted by molar-refractivity contribution is 5.92.